The van der Waals surface area contributed by atoms with Gasteiger partial charge in [-0.3, -0.25) is 0 Å². The molecule has 0 aliphatic carbocycles. The van der Waals surface area contributed by atoms with Crippen LogP contribution in [0.2, 0.25) is 0 Å². The van der Waals surface area contributed by atoms with Gasteiger partial charge in [0, 0.05) is 10.0 Å². The molecule has 96 valence electrons. The Morgan fingerprint density at radius 1 is 1.05 bits per heavy atom. The Morgan fingerprint density at radius 3 is 2.63 bits per heavy atom. The molecule has 1 N–H and O–H groups in total. The molecule has 1 unspecified atom stereocenters. The molecule has 2 aromatic rings. The van der Waals surface area contributed by atoms with Crippen molar-refractivity contribution in [2.45, 2.75) is 6.54 Å². The Bertz CT molecular complexity index is 622. The molecule has 1 aliphatic heterocycles. The topological polar surface area (TPSA) is 27.5 Å². The highest BCUT2D eigenvalue weighted by Gasteiger charge is 2.16. The molecule has 2 nitrogen and oxygen atoms in total. The van der Waals surface area contributed by atoms with Gasteiger partial charge in [0.1, 0.15) is 6.54 Å². The molecule has 2 aromatic carbocycles. The Morgan fingerprint density at radius 2 is 1.84 bits per heavy atom. The van der Waals surface area contributed by atoms with Crippen LogP contribution >= 0.6 is 15.9 Å². The van der Waals surface area contributed by atoms with Crippen molar-refractivity contribution in [3.63, 3.8) is 0 Å². The zero-order valence-corrected chi connectivity index (χ0v) is 12.0. The number of hydrogen-bond donors (Lipinski definition) is 1. The minimum absolute atomic E-state index is 0.269. The summed E-state index contributed by atoms with van der Waals surface area (Å²) in [6, 6.07) is 16.4. The average Bonchev–Trinajstić information content (AvgIpc) is 2.57. The summed E-state index contributed by atoms with van der Waals surface area (Å²) < 4.78 is 1.02. The van der Waals surface area contributed by atoms with Gasteiger partial charge in [-0.05, 0) is 34.9 Å². The highest BCUT2D eigenvalue weighted by Crippen LogP contribution is 2.28. The first-order valence-corrected chi connectivity index (χ1v) is 7.09. The molecular formula is C16H14BrNO. The monoisotopic (exact) mass is 315 g/mol. The van der Waals surface area contributed by atoms with Crippen LogP contribution in [0.15, 0.2) is 59.1 Å². The van der Waals surface area contributed by atoms with Crippen LogP contribution < -0.4 is 5.06 Å². The predicted molar refractivity (Wildman–Crippen MR) is 80.6 cm³/mol. The van der Waals surface area contributed by atoms with E-state index in [1.807, 2.05) is 24.3 Å². The van der Waals surface area contributed by atoms with Crippen LogP contribution in [-0.4, -0.2) is 6.54 Å². The number of hydroxylamine groups is 2. The molecule has 3 heteroatoms. The number of quaternary nitrogens is 1. The smallest absolute Gasteiger partial charge is 0.103 e. The fourth-order valence-electron chi connectivity index (χ4n) is 2.47. The summed E-state index contributed by atoms with van der Waals surface area (Å²) in [7, 11) is 0. The third-order valence-corrected chi connectivity index (χ3v) is 3.86. The number of halogens is 1. The Balaban J connectivity index is 2.15. The molecule has 1 heterocycles. The lowest BCUT2D eigenvalue weighted by molar-refractivity contribution is -0.855. The largest absolute Gasteiger partial charge is 0.634 e. The van der Waals surface area contributed by atoms with Gasteiger partial charge in [-0.1, -0.05) is 52.3 Å². The summed E-state index contributed by atoms with van der Waals surface area (Å²) >= 11 is 3.48. The summed E-state index contributed by atoms with van der Waals surface area (Å²) in [6.07, 6.45) is 2.05. The van der Waals surface area contributed by atoms with Gasteiger partial charge >= 0.3 is 0 Å². The van der Waals surface area contributed by atoms with Gasteiger partial charge in [0.15, 0.2) is 0 Å². The van der Waals surface area contributed by atoms with E-state index in [2.05, 4.69) is 46.3 Å². The van der Waals surface area contributed by atoms with Crippen LogP contribution in [-0.2, 0) is 6.54 Å². The minimum atomic E-state index is 0.269. The predicted octanol–water partition coefficient (Wildman–Crippen LogP) is 2.78. The van der Waals surface area contributed by atoms with Gasteiger partial charge < -0.3 is 10.3 Å². The van der Waals surface area contributed by atoms with E-state index < -0.39 is 0 Å². The summed E-state index contributed by atoms with van der Waals surface area (Å²) in [4.78, 5) is 0. The third-order valence-electron chi connectivity index (χ3n) is 3.36. The molecule has 1 atom stereocenters. The Hall–Kier alpha value is -1.42. The molecule has 19 heavy (non-hydrogen) atoms. The molecular weight excluding hydrogens is 302 g/mol. The van der Waals surface area contributed by atoms with Crippen LogP contribution in [0.5, 0.6) is 0 Å². The normalized spacial score (nSPS) is 18.4. The summed E-state index contributed by atoms with van der Waals surface area (Å²) in [5, 5.41) is 12.1. The highest BCUT2D eigenvalue weighted by atomic mass is 79.9. The lowest BCUT2D eigenvalue weighted by atomic mass is 9.94. The maximum atomic E-state index is 11.9. The van der Waals surface area contributed by atoms with E-state index in [1.54, 1.807) is 0 Å². The SMILES string of the molecule is [O-][NH+]1CC=C(c2ccccc2)c2ccc(Br)cc2C1. The Kier molecular flexibility index (Phi) is 3.51. The average molecular weight is 316 g/mol. The van der Waals surface area contributed by atoms with Gasteiger partial charge in [-0.2, -0.15) is 0 Å². The zero-order chi connectivity index (χ0) is 13.2. The van der Waals surface area contributed by atoms with Crippen LogP contribution in [0.25, 0.3) is 5.57 Å². The van der Waals surface area contributed by atoms with Crippen molar-refractivity contribution in [1.82, 2.24) is 0 Å². The zero-order valence-electron chi connectivity index (χ0n) is 10.4. The minimum Gasteiger partial charge on any atom is -0.634 e. The number of hydrogen-bond acceptors (Lipinski definition) is 1. The maximum absolute atomic E-state index is 11.9. The van der Waals surface area contributed by atoms with Crippen molar-refractivity contribution in [2.75, 3.05) is 6.54 Å². The van der Waals surface area contributed by atoms with Gasteiger partial charge in [0.2, 0.25) is 0 Å². The van der Waals surface area contributed by atoms with E-state index in [0.717, 1.165) is 15.6 Å². The molecule has 1 aliphatic rings. The second-order valence-electron chi connectivity index (χ2n) is 4.70. The molecule has 3 rings (SSSR count). The Labute approximate surface area is 121 Å². The quantitative estimate of drug-likeness (QED) is 0.805. The van der Waals surface area contributed by atoms with Crippen molar-refractivity contribution in [1.29, 1.82) is 0 Å². The number of fused-ring (bicyclic) bond motifs is 1. The van der Waals surface area contributed by atoms with E-state index in [-0.39, 0.29) is 5.06 Å². The van der Waals surface area contributed by atoms with Gasteiger partial charge in [0.05, 0.1) is 6.54 Å². The van der Waals surface area contributed by atoms with Crippen molar-refractivity contribution < 1.29 is 5.06 Å². The van der Waals surface area contributed by atoms with E-state index in [9.17, 15) is 5.21 Å². The lowest BCUT2D eigenvalue weighted by Crippen LogP contribution is -3.05. The van der Waals surface area contributed by atoms with E-state index in [4.69, 9.17) is 0 Å². The summed E-state index contributed by atoms with van der Waals surface area (Å²) in [6.45, 7) is 1.03. The molecule has 0 amide bonds. The van der Waals surface area contributed by atoms with Crippen molar-refractivity contribution >= 4 is 21.5 Å². The van der Waals surface area contributed by atoms with Crippen molar-refractivity contribution in [3.05, 3.63) is 81.0 Å². The molecule has 0 aromatic heterocycles. The summed E-state index contributed by atoms with van der Waals surface area (Å²) in [5.74, 6) is 0. The highest BCUT2D eigenvalue weighted by molar-refractivity contribution is 9.10. The van der Waals surface area contributed by atoms with Crippen molar-refractivity contribution in [3.8, 4) is 0 Å². The summed E-state index contributed by atoms with van der Waals surface area (Å²) in [5.41, 5.74) is 4.60. The van der Waals surface area contributed by atoms with E-state index in [1.165, 1.54) is 11.1 Å². The van der Waals surface area contributed by atoms with E-state index in [0.29, 0.717) is 13.1 Å². The second kappa shape index (κ2) is 5.29. The fourth-order valence-corrected chi connectivity index (χ4v) is 2.88. The molecule has 0 saturated heterocycles. The first kappa shape index (κ1) is 12.6. The van der Waals surface area contributed by atoms with E-state index >= 15 is 0 Å². The van der Waals surface area contributed by atoms with Crippen LogP contribution in [0.1, 0.15) is 16.7 Å². The molecule has 0 spiro atoms. The van der Waals surface area contributed by atoms with Crippen LogP contribution in [0, 0.1) is 5.21 Å². The lowest BCUT2D eigenvalue weighted by Gasteiger charge is -2.19. The second-order valence-corrected chi connectivity index (χ2v) is 5.62. The number of rotatable bonds is 1. The third kappa shape index (κ3) is 2.63. The van der Waals surface area contributed by atoms with Crippen LogP contribution in [0.3, 0.4) is 0 Å². The molecule has 0 radical (unpaired) electrons. The first-order chi connectivity index (χ1) is 9.24. The maximum Gasteiger partial charge on any atom is 0.103 e. The van der Waals surface area contributed by atoms with Crippen LogP contribution in [0.4, 0.5) is 0 Å². The molecule has 0 fully saturated rings. The molecule has 0 bridgehead atoms. The molecule has 0 saturated carbocycles. The first-order valence-electron chi connectivity index (χ1n) is 6.30. The number of nitrogens with one attached hydrogen (secondary N) is 1. The standard InChI is InChI=1S/C16H14BrNO/c17-14-6-7-15-13(10-14)11-18(19)9-8-16(15)12-4-2-1-3-5-12/h1-8,10,18H,9,11H2. The van der Waals surface area contributed by atoms with Gasteiger partial charge in [-0.25, -0.2) is 0 Å². The fraction of sp³-hybridized carbons (Fsp3) is 0.125. The number of benzene rings is 2. The van der Waals surface area contributed by atoms with Gasteiger partial charge in [-0.15, -0.1) is 0 Å². The van der Waals surface area contributed by atoms with Gasteiger partial charge in [0.25, 0.3) is 0 Å². The van der Waals surface area contributed by atoms with Crippen molar-refractivity contribution in [2.24, 2.45) is 0 Å².